The van der Waals surface area contributed by atoms with Crippen LogP contribution in [0.3, 0.4) is 0 Å². The molecule has 0 unspecified atom stereocenters. The van der Waals surface area contributed by atoms with E-state index >= 15 is 0 Å². The first-order chi connectivity index (χ1) is 14.9. The highest BCUT2D eigenvalue weighted by atomic mass is 32.2. The maximum absolute atomic E-state index is 13.6. The van der Waals surface area contributed by atoms with Gasteiger partial charge in [-0.2, -0.15) is 4.31 Å². The van der Waals surface area contributed by atoms with Gasteiger partial charge in [-0.1, -0.05) is 6.92 Å². The highest BCUT2D eigenvalue weighted by Crippen LogP contribution is 2.39. The SMILES string of the molecule is CCCN(CC1CC1)S(=O)(=O)c1sc2c(c1C(=O)OC)CCN(Cc1ccncc1)C2. The predicted octanol–water partition coefficient (Wildman–Crippen LogP) is 3.30. The molecule has 2 aromatic heterocycles. The monoisotopic (exact) mass is 463 g/mol. The van der Waals surface area contributed by atoms with Crippen LogP contribution in [0.25, 0.3) is 0 Å². The van der Waals surface area contributed by atoms with Crippen molar-refractivity contribution in [2.45, 2.75) is 49.9 Å². The van der Waals surface area contributed by atoms with Crippen molar-refractivity contribution < 1.29 is 17.9 Å². The van der Waals surface area contributed by atoms with Crippen LogP contribution in [-0.4, -0.2) is 55.3 Å². The second-order valence-corrected chi connectivity index (χ2v) is 11.5. The molecule has 0 saturated heterocycles. The Kier molecular flexibility index (Phi) is 6.76. The van der Waals surface area contributed by atoms with Gasteiger partial charge >= 0.3 is 5.97 Å². The Bertz CT molecular complexity index is 1030. The molecule has 0 aromatic carbocycles. The average molecular weight is 464 g/mol. The number of fused-ring (bicyclic) bond motifs is 1. The Morgan fingerprint density at radius 1 is 1.32 bits per heavy atom. The fraction of sp³-hybridized carbons (Fsp3) is 0.545. The molecule has 31 heavy (non-hydrogen) atoms. The van der Waals surface area contributed by atoms with Crippen molar-refractivity contribution in [2.75, 3.05) is 26.7 Å². The first kappa shape index (κ1) is 22.4. The van der Waals surface area contributed by atoms with E-state index < -0.39 is 16.0 Å². The minimum absolute atomic E-state index is 0.157. The number of aromatic nitrogens is 1. The molecule has 0 bridgehead atoms. The quantitative estimate of drug-likeness (QED) is 0.531. The molecule has 168 valence electrons. The summed E-state index contributed by atoms with van der Waals surface area (Å²) in [6.07, 6.45) is 7.07. The lowest BCUT2D eigenvalue weighted by atomic mass is 10.0. The molecule has 2 aliphatic rings. The van der Waals surface area contributed by atoms with Crippen LogP contribution in [0.15, 0.2) is 28.7 Å². The molecule has 0 amide bonds. The summed E-state index contributed by atoms with van der Waals surface area (Å²) in [6.45, 7) is 5.13. The van der Waals surface area contributed by atoms with Crippen LogP contribution >= 0.6 is 11.3 Å². The van der Waals surface area contributed by atoms with Gasteiger partial charge in [0.05, 0.1) is 12.7 Å². The number of hydrogen-bond acceptors (Lipinski definition) is 7. The minimum atomic E-state index is -3.75. The van der Waals surface area contributed by atoms with Gasteiger partial charge in [0.15, 0.2) is 0 Å². The zero-order valence-electron chi connectivity index (χ0n) is 18.0. The zero-order valence-corrected chi connectivity index (χ0v) is 19.7. The molecule has 2 aromatic rings. The van der Waals surface area contributed by atoms with Crippen molar-refractivity contribution in [3.05, 3.63) is 46.1 Å². The maximum atomic E-state index is 13.6. The fourth-order valence-electron chi connectivity index (χ4n) is 4.07. The highest BCUT2D eigenvalue weighted by Gasteiger charge is 2.38. The van der Waals surface area contributed by atoms with Crippen LogP contribution in [0, 0.1) is 5.92 Å². The molecular weight excluding hydrogens is 434 g/mol. The van der Waals surface area contributed by atoms with Crippen molar-refractivity contribution in [2.24, 2.45) is 5.92 Å². The van der Waals surface area contributed by atoms with Gasteiger partial charge in [0, 0.05) is 50.0 Å². The van der Waals surface area contributed by atoms with Crippen LogP contribution in [0.5, 0.6) is 0 Å². The Balaban J connectivity index is 1.66. The van der Waals surface area contributed by atoms with E-state index in [0.717, 1.165) is 48.4 Å². The number of thiophene rings is 1. The smallest absolute Gasteiger partial charge is 0.340 e. The summed E-state index contributed by atoms with van der Waals surface area (Å²) >= 11 is 1.24. The molecule has 0 spiro atoms. The first-order valence-electron chi connectivity index (χ1n) is 10.8. The maximum Gasteiger partial charge on any atom is 0.340 e. The Morgan fingerprint density at radius 2 is 2.06 bits per heavy atom. The van der Waals surface area contributed by atoms with E-state index in [1.807, 2.05) is 19.1 Å². The van der Waals surface area contributed by atoms with Crippen molar-refractivity contribution in [3.63, 3.8) is 0 Å². The Labute approximate surface area is 188 Å². The Morgan fingerprint density at radius 3 is 2.71 bits per heavy atom. The van der Waals surface area contributed by atoms with Crippen LogP contribution < -0.4 is 0 Å². The van der Waals surface area contributed by atoms with Gasteiger partial charge in [0.25, 0.3) is 10.0 Å². The summed E-state index contributed by atoms with van der Waals surface area (Å²) < 4.78 is 34.0. The number of carbonyl (C=O) groups excluding carboxylic acids is 1. The molecule has 7 nitrogen and oxygen atoms in total. The number of pyridine rings is 1. The topological polar surface area (TPSA) is 79.8 Å². The van der Waals surface area contributed by atoms with Gasteiger partial charge < -0.3 is 4.74 Å². The molecule has 0 N–H and O–H groups in total. The molecule has 0 atom stereocenters. The molecule has 1 fully saturated rings. The van der Waals surface area contributed by atoms with Crippen molar-refractivity contribution in [3.8, 4) is 0 Å². The molecule has 0 radical (unpaired) electrons. The summed E-state index contributed by atoms with van der Waals surface area (Å²) in [6, 6.07) is 3.97. The summed E-state index contributed by atoms with van der Waals surface area (Å²) in [5.74, 6) is -0.116. The molecule has 1 aliphatic heterocycles. The highest BCUT2D eigenvalue weighted by molar-refractivity contribution is 7.91. The molecule has 4 rings (SSSR count). The predicted molar refractivity (Wildman–Crippen MR) is 119 cm³/mol. The van der Waals surface area contributed by atoms with Gasteiger partial charge in [-0.15, -0.1) is 11.3 Å². The minimum Gasteiger partial charge on any atom is -0.465 e. The number of ether oxygens (including phenoxy) is 1. The van der Waals surface area contributed by atoms with E-state index in [-0.39, 0.29) is 9.77 Å². The second kappa shape index (κ2) is 9.36. The number of sulfonamides is 1. The standard InChI is InChI=1S/C22H29N3O4S2/c1-3-11-25(14-16-4-5-16)31(27,28)22-20(21(26)29-2)18-8-12-24(15-19(18)30-22)13-17-6-9-23-10-7-17/h6-7,9-10,16H,3-5,8,11-15H2,1-2H3. The molecule has 3 heterocycles. The van der Waals surface area contributed by atoms with Crippen LogP contribution in [-0.2, 0) is 34.3 Å². The van der Waals surface area contributed by atoms with Gasteiger partial charge in [0.1, 0.15) is 4.21 Å². The number of rotatable bonds is 9. The normalized spacial score (nSPS) is 17.0. The molecule has 1 aliphatic carbocycles. The third-order valence-electron chi connectivity index (χ3n) is 5.85. The lowest BCUT2D eigenvalue weighted by Crippen LogP contribution is -2.34. The van der Waals surface area contributed by atoms with Gasteiger partial charge in [-0.3, -0.25) is 9.88 Å². The van der Waals surface area contributed by atoms with Crippen LogP contribution in [0.2, 0.25) is 0 Å². The summed E-state index contributed by atoms with van der Waals surface area (Å²) in [4.78, 5) is 20.0. The van der Waals surface area contributed by atoms with E-state index in [9.17, 15) is 13.2 Å². The van der Waals surface area contributed by atoms with Crippen molar-refractivity contribution >= 4 is 27.3 Å². The lowest BCUT2D eigenvalue weighted by Gasteiger charge is -2.27. The summed E-state index contributed by atoms with van der Waals surface area (Å²) in [7, 11) is -2.44. The third kappa shape index (κ3) is 4.84. The third-order valence-corrected chi connectivity index (χ3v) is 9.43. The van der Waals surface area contributed by atoms with E-state index in [0.29, 0.717) is 32.0 Å². The molecule has 1 saturated carbocycles. The van der Waals surface area contributed by atoms with Gasteiger partial charge in [0.2, 0.25) is 0 Å². The van der Waals surface area contributed by atoms with E-state index in [1.54, 1.807) is 16.7 Å². The van der Waals surface area contributed by atoms with Crippen LogP contribution in [0.4, 0.5) is 0 Å². The number of methoxy groups -OCH3 is 1. The zero-order chi connectivity index (χ0) is 22.0. The summed E-state index contributed by atoms with van der Waals surface area (Å²) in [5.41, 5.74) is 2.25. The average Bonchev–Trinajstić information content (AvgIpc) is 3.50. The first-order valence-corrected chi connectivity index (χ1v) is 13.0. The summed E-state index contributed by atoms with van der Waals surface area (Å²) in [5, 5.41) is 0. The van der Waals surface area contributed by atoms with Crippen molar-refractivity contribution in [1.29, 1.82) is 0 Å². The van der Waals surface area contributed by atoms with Gasteiger partial charge in [-0.05, 0) is 54.9 Å². The fourth-order valence-corrected chi connectivity index (χ4v) is 7.74. The second-order valence-electron chi connectivity index (χ2n) is 8.28. The molecular formula is C22H29N3O4S2. The van der Waals surface area contributed by atoms with Crippen LogP contribution in [0.1, 0.15) is 52.5 Å². The van der Waals surface area contributed by atoms with Gasteiger partial charge in [-0.25, -0.2) is 13.2 Å². The lowest BCUT2D eigenvalue weighted by molar-refractivity contribution is 0.0595. The van der Waals surface area contributed by atoms with E-state index in [1.165, 1.54) is 18.4 Å². The largest absolute Gasteiger partial charge is 0.465 e. The molecule has 9 heteroatoms. The number of carbonyl (C=O) groups is 1. The van der Waals surface area contributed by atoms with E-state index in [2.05, 4.69) is 9.88 Å². The van der Waals surface area contributed by atoms with E-state index in [4.69, 9.17) is 4.74 Å². The van der Waals surface area contributed by atoms with Crippen molar-refractivity contribution in [1.82, 2.24) is 14.2 Å². The Hall–Kier alpha value is -1.81. The number of hydrogen-bond donors (Lipinski definition) is 0. The number of esters is 1. The number of nitrogens with zero attached hydrogens (tertiary/aromatic N) is 3.